The molecule has 0 saturated carbocycles. The Morgan fingerprint density at radius 3 is 2.47 bits per heavy atom. The van der Waals surface area contributed by atoms with E-state index in [2.05, 4.69) is 5.32 Å². The summed E-state index contributed by atoms with van der Waals surface area (Å²) in [5.41, 5.74) is 2.83. The minimum Gasteiger partial charge on any atom is -0.507 e. The summed E-state index contributed by atoms with van der Waals surface area (Å²) in [6.07, 6.45) is 0.910. The molecule has 7 nitrogen and oxygen atoms in total. The maximum Gasteiger partial charge on any atom is 0.309 e. The van der Waals surface area contributed by atoms with Gasteiger partial charge in [-0.15, -0.1) is 0 Å². The van der Waals surface area contributed by atoms with Crippen LogP contribution in [-0.4, -0.2) is 47.5 Å². The summed E-state index contributed by atoms with van der Waals surface area (Å²) in [6.45, 7) is 4.21. The van der Waals surface area contributed by atoms with Crippen molar-refractivity contribution in [3.05, 3.63) is 59.2 Å². The third-order valence-electron chi connectivity index (χ3n) is 5.15. The molecule has 1 fully saturated rings. The van der Waals surface area contributed by atoms with Gasteiger partial charge in [0.15, 0.2) is 6.61 Å². The molecule has 1 saturated heterocycles. The van der Waals surface area contributed by atoms with Crippen molar-refractivity contribution in [2.75, 3.05) is 25.0 Å². The van der Waals surface area contributed by atoms with Crippen LogP contribution in [0.4, 0.5) is 5.69 Å². The number of ether oxygens (including phenoxy) is 1. The molecule has 0 aliphatic carbocycles. The Bertz CT molecular complexity index is 948. The number of anilines is 1. The van der Waals surface area contributed by atoms with Crippen LogP contribution < -0.4 is 5.32 Å². The summed E-state index contributed by atoms with van der Waals surface area (Å²) in [4.78, 5) is 38.6. The second-order valence-corrected chi connectivity index (χ2v) is 7.61. The highest BCUT2D eigenvalue weighted by atomic mass is 16.5. The third kappa shape index (κ3) is 5.37. The molecule has 0 unspecified atom stereocenters. The second-order valence-electron chi connectivity index (χ2n) is 7.61. The number of nitrogens with one attached hydrogen (secondary N) is 1. The van der Waals surface area contributed by atoms with E-state index < -0.39 is 11.9 Å². The van der Waals surface area contributed by atoms with E-state index in [0.717, 1.165) is 11.1 Å². The van der Waals surface area contributed by atoms with E-state index in [1.165, 1.54) is 6.07 Å². The van der Waals surface area contributed by atoms with Crippen molar-refractivity contribution in [3.8, 4) is 5.75 Å². The number of aryl methyl sites for hydroxylation is 2. The van der Waals surface area contributed by atoms with Crippen molar-refractivity contribution in [1.82, 2.24) is 4.90 Å². The van der Waals surface area contributed by atoms with Gasteiger partial charge in [-0.05, 0) is 56.5 Å². The van der Waals surface area contributed by atoms with Gasteiger partial charge in [-0.3, -0.25) is 14.4 Å². The summed E-state index contributed by atoms with van der Waals surface area (Å²) in [5.74, 6) is -1.48. The molecule has 30 heavy (non-hydrogen) atoms. The lowest BCUT2D eigenvalue weighted by Gasteiger charge is -2.31. The summed E-state index contributed by atoms with van der Waals surface area (Å²) < 4.78 is 5.17. The quantitative estimate of drug-likeness (QED) is 0.739. The minimum atomic E-state index is -0.431. The van der Waals surface area contributed by atoms with Crippen LogP contribution >= 0.6 is 0 Å². The van der Waals surface area contributed by atoms with Crippen molar-refractivity contribution in [2.45, 2.75) is 26.7 Å². The molecule has 0 bridgehead atoms. The predicted molar refractivity (Wildman–Crippen MR) is 112 cm³/mol. The number of phenols is 1. The number of phenolic OH excluding ortho intramolecular Hbond substituents is 1. The first-order valence-corrected chi connectivity index (χ1v) is 9.95. The number of amides is 2. The Balaban J connectivity index is 1.46. The van der Waals surface area contributed by atoms with Crippen LogP contribution in [0.25, 0.3) is 0 Å². The monoisotopic (exact) mass is 410 g/mol. The highest BCUT2D eigenvalue weighted by Gasteiger charge is 2.30. The van der Waals surface area contributed by atoms with Gasteiger partial charge in [0.2, 0.25) is 0 Å². The van der Waals surface area contributed by atoms with Crippen molar-refractivity contribution < 1.29 is 24.2 Å². The number of rotatable bonds is 5. The lowest BCUT2D eigenvalue weighted by atomic mass is 9.96. The molecular weight excluding hydrogens is 384 g/mol. The summed E-state index contributed by atoms with van der Waals surface area (Å²) in [6, 6.07) is 12.3. The second kappa shape index (κ2) is 9.43. The van der Waals surface area contributed by atoms with E-state index >= 15 is 0 Å². The zero-order chi connectivity index (χ0) is 21.7. The Kier molecular flexibility index (Phi) is 6.72. The number of esters is 1. The summed E-state index contributed by atoms with van der Waals surface area (Å²) >= 11 is 0. The number of aromatic hydroxyl groups is 1. The molecule has 0 radical (unpaired) electrons. The normalized spacial score (nSPS) is 14.3. The standard InChI is InChI=1S/C23H26N2O5/c1-15-4-3-5-18(12-15)24-21(27)14-30-23(29)17-8-10-25(11-9-17)22(28)19-13-16(2)6-7-20(19)26/h3-7,12-13,17,26H,8-11,14H2,1-2H3,(H,24,27). The Hall–Kier alpha value is -3.35. The Morgan fingerprint density at radius 1 is 1.07 bits per heavy atom. The van der Waals surface area contributed by atoms with Crippen LogP contribution in [0.3, 0.4) is 0 Å². The zero-order valence-electron chi connectivity index (χ0n) is 17.2. The first kappa shape index (κ1) is 21.4. The van der Waals surface area contributed by atoms with E-state index in [1.807, 2.05) is 32.0 Å². The average Bonchev–Trinajstić information content (AvgIpc) is 2.73. The fourth-order valence-electron chi connectivity index (χ4n) is 3.48. The van der Waals surface area contributed by atoms with Gasteiger partial charge in [-0.25, -0.2) is 0 Å². The van der Waals surface area contributed by atoms with Gasteiger partial charge in [-0.2, -0.15) is 0 Å². The van der Waals surface area contributed by atoms with Crippen LogP contribution in [-0.2, 0) is 14.3 Å². The lowest BCUT2D eigenvalue weighted by molar-refractivity contribution is -0.152. The average molecular weight is 410 g/mol. The maximum atomic E-state index is 12.7. The van der Waals surface area contributed by atoms with Gasteiger partial charge in [0.1, 0.15) is 5.75 Å². The van der Waals surface area contributed by atoms with E-state index in [-0.39, 0.29) is 29.7 Å². The Labute approximate surface area is 175 Å². The van der Waals surface area contributed by atoms with E-state index in [4.69, 9.17) is 4.74 Å². The number of piperidine rings is 1. The number of benzene rings is 2. The molecule has 0 atom stereocenters. The molecule has 2 N–H and O–H groups in total. The van der Waals surface area contributed by atoms with Crippen LogP contribution in [0.15, 0.2) is 42.5 Å². The molecule has 0 aromatic heterocycles. The Morgan fingerprint density at radius 2 is 1.77 bits per heavy atom. The van der Waals surface area contributed by atoms with Crippen LogP contribution in [0, 0.1) is 19.8 Å². The molecule has 1 heterocycles. The third-order valence-corrected chi connectivity index (χ3v) is 5.15. The topological polar surface area (TPSA) is 95.9 Å². The number of carbonyl (C=O) groups is 3. The van der Waals surface area contributed by atoms with Crippen molar-refractivity contribution in [1.29, 1.82) is 0 Å². The van der Waals surface area contributed by atoms with Gasteiger partial charge in [-0.1, -0.05) is 23.8 Å². The largest absolute Gasteiger partial charge is 0.507 e. The van der Waals surface area contributed by atoms with Gasteiger partial charge in [0.25, 0.3) is 11.8 Å². The van der Waals surface area contributed by atoms with E-state index in [0.29, 0.717) is 31.6 Å². The lowest BCUT2D eigenvalue weighted by Crippen LogP contribution is -2.41. The SMILES string of the molecule is Cc1cccc(NC(=O)COC(=O)C2CCN(C(=O)c3cc(C)ccc3O)CC2)c1. The zero-order valence-corrected chi connectivity index (χ0v) is 17.2. The first-order chi connectivity index (χ1) is 14.3. The molecule has 2 amide bonds. The fraction of sp³-hybridized carbons (Fsp3) is 0.348. The molecular formula is C23H26N2O5. The maximum absolute atomic E-state index is 12.7. The molecule has 1 aliphatic heterocycles. The number of hydrogen-bond acceptors (Lipinski definition) is 5. The smallest absolute Gasteiger partial charge is 0.309 e. The number of likely N-dealkylation sites (tertiary alicyclic amines) is 1. The van der Waals surface area contributed by atoms with E-state index in [1.54, 1.807) is 23.1 Å². The van der Waals surface area contributed by atoms with Crippen LogP contribution in [0.5, 0.6) is 5.75 Å². The van der Waals surface area contributed by atoms with Crippen LogP contribution in [0.2, 0.25) is 0 Å². The molecule has 2 aromatic carbocycles. The number of hydrogen-bond donors (Lipinski definition) is 2. The molecule has 3 rings (SSSR count). The molecule has 2 aromatic rings. The first-order valence-electron chi connectivity index (χ1n) is 9.95. The van der Waals surface area contributed by atoms with Gasteiger partial charge < -0.3 is 20.1 Å². The summed E-state index contributed by atoms with van der Waals surface area (Å²) in [5, 5.41) is 12.7. The molecule has 1 aliphatic rings. The summed E-state index contributed by atoms with van der Waals surface area (Å²) in [7, 11) is 0. The van der Waals surface area contributed by atoms with Gasteiger partial charge >= 0.3 is 5.97 Å². The molecule has 0 spiro atoms. The minimum absolute atomic E-state index is 0.0493. The van der Waals surface area contributed by atoms with Crippen molar-refractivity contribution in [3.63, 3.8) is 0 Å². The van der Waals surface area contributed by atoms with E-state index in [9.17, 15) is 19.5 Å². The molecule has 158 valence electrons. The highest BCUT2D eigenvalue weighted by Crippen LogP contribution is 2.24. The predicted octanol–water partition coefficient (Wildman–Crippen LogP) is 3.04. The van der Waals surface area contributed by atoms with Crippen LogP contribution in [0.1, 0.15) is 34.3 Å². The highest BCUT2D eigenvalue weighted by molar-refractivity contribution is 5.97. The molecule has 7 heteroatoms. The van der Waals surface area contributed by atoms with Crippen molar-refractivity contribution in [2.24, 2.45) is 5.92 Å². The van der Waals surface area contributed by atoms with Gasteiger partial charge in [0, 0.05) is 18.8 Å². The fourth-order valence-corrected chi connectivity index (χ4v) is 3.48. The number of nitrogens with zero attached hydrogens (tertiary/aromatic N) is 1. The number of carbonyl (C=O) groups excluding carboxylic acids is 3. The van der Waals surface area contributed by atoms with Crippen molar-refractivity contribution >= 4 is 23.5 Å². The van der Waals surface area contributed by atoms with Gasteiger partial charge in [0.05, 0.1) is 11.5 Å².